The second kappa shape index (κ2) is 4.12. The van der Waals surface area contributed by atoms with E-state index < -0.39 is 5.82 Å². The quantitative estimate of drug-likeness (QED) is 0.740. The number of benzene rings is 1. The number of carbonyl (C=O) groups is 1. The normalized spacial score (nSPS) is 19.0. The van der Waals surface area contributed by atoms with E-state index in [0.29, 0.717) is 19.3 Å². The number of halogens is 1. The van der Waals surface area contributed by atoms with Crippen LogP contribution in [0.3, 0.4) is 0 Å². The van der Waals surface area contributed by atoms with Gasteiger partial charge >= 0.3 is 5.97 Å². The van der Waals surface area contributed by atoms with Crippen LogP contribution in [0, 0.1) is 11.7 Å². The number of aromatic hydroxyl groups is 1. The van der Waals surface area contributed by atoms with Crippen LogP contribution >= 0.6 is 0 Å². The summed E-state index contributed by atoms with van der Waals surface area (Å²) in [5.74, 6) is -1.38. The van der Waals surface area contributed by atoms with Crippen LogP contribution in [-0.4, -0.2) is 18.2 Å². The molecule has 1 aromatic rings. The van der Waals surface area contributed by atoms with E-state index in [1.165, 1.54) is 19.2 Å². The second-order valence-corrected chi connectivity index (χ2v) is 4.04. The van der Waals surface area contributed by atoms with Gasteiger partial charge in [0, 0.05) is 0 Å². The second-order valence-electron chi connectivity index (χ2n) is 4.04. The molecule has 0 saturated carbocycles. The van der Waals surface area contributed by atoms with Crippen molar-refractivity contribution in [1.29, 1.82) is 0 Å². The van der Waals surface area contributed by atoms with Gasteiger partial charge in [0.15, 0.2) is 11.6 Å². The number of carbonyl (C=O) groups excluding carboxylic acids is 1. The van der Waals surface area contributed by atoms with Crippen molar-refractivity contribution >= 4 is 5.97 Å². The number of aryl methyl sites for hydroxylation is 1. The molecule has 1 unspecified atom stereocenters. The number of fused-ring (bicyclic) bond motifs is 1. The fourth-order valence-corrected chi connectivity index (χ4v) is 2.13. The highest BCUT2D eigenvalue weighted by Gasteiger charge is 2.26. The van der Waals surface area contributed by atoms with Gasteiger partial charge in [-0.05, 0) is 42.5 Å². The van der Waals surface area contributed by atoms with Gasteiger partial charge in [-0.25, -0.2) is 4.39 Å². The molecule has 0 heterocycles. The number of phenols is 1. The maximum Gasteiger partial charge on any atom is 0.309 e. The number of phenolic OH excluding ortho intramolecular Hbond substituents is 1. The molecule has 0 spiro atoms. The molecule has 0 amide bonds. The Balaban J connectivity index is 2.27. The van der Waals surface area contributed by atoms with Crippen LogP contribution < -0.4 is 0 Å². The van der Waals surface area contributed by atoms with Gasteiger partial charge in [-0.1, -0.05) is 0 Å². The molecule has 2 rings (SSSR count). The minimum absolute atomic E-state index is 0.178. The molecule has 0 aliphatic heterocycles. The predicted octanol–water partition coefficient (Wildman–Crippen LogP) is 1.81. The Kier molecular flexibility index (Phi) is 2.81. The molecule has 1 aliphatic rings. The van der Waals surface area contributed by atoms with Gasteiger partial charge in [0.25, 0.3) is 0 Å². The summed E-state index contributed by atoms with van der Waals surface area (Å²) in [5.41, 5.74) is 1.70. The molecule has 1 aromatic carbocycles. The fraction of sp³-hybridized carbons (Fsp3) is 0.417. The van der Waals surface area contributed by atoms with E-state index in [4.69, 9.17) is 0 Å². The largest absolute Gasteiger partial charge is 0.505 e. The van der Waals surface area contributed by atoms with E-state index >= 15 is 0 Å². The number of hydrogen-bond donors (Lipinski definition) is 1. The maximum absolute atomic E-state index is 13.1. The van der Waals surface area contributed by atoms with Gasteiger partial charge in [0.1, 0.15) is 0 Å². The minimum atomic E-state index is -0.602. The van der Waals surface area contributed by atoms with Crippen LogP contribution in [0.4, 0.5) is 4.39 Å². The monoisotopic (exact) mass is 224 g/mol. The Bertz CT molecular complexity index is 429. The Morgan fingerprint density at radius 2 is 2.25 bits per heavy atom. The summed E-state index contributed by atoms with van der Waals surface area (Å²) >= 11 is 0. The number of rotatable bonds is 1. The third kappa shape index (κ3) is 1.87. The summed E-state index contributed by atoms with van der Waals surface area (Å²) in [6, 6.07) is 2.75. The molecule has 0 saturated heterocycles. The zero-order valence-corrected chi connectivity index (χ0v) is 9.00. The fourth-order valence-electron chi connectivity index (χ4n) is 2.13. The molecular weight excluding hydrogens is 211 g/mol. The van der Waals surface area contributed by atoms with E-state index in [1.54, 1.807) is 0 Å². The summed E-state index contributed by atoms with van der Waals surface area (Å²) in [6.45, 7) is 0. The zero-order valence-electron chi connectivity index (χ0n) is 9.00. The van der Waals surface area contributed by atoms with Crippen molar-refractivity contribution in [3.8, 4) is 5.75 Å². The van der Waals surface area contributed by atoms with Gasteiger partial charge in [-0.2, -0.15) is 0 Å². The number of esters is 1. The molecule has 0 fully saturated rings. The van der Waals surface area contributed by atoms with Crippen molar-refractivity contribution in [3.05, 3.63) is 29.1 Å². The van der Waals surface area contributed by atoms with Gasteiger partial charge in [0.05, 0.1) is 13.0 Å². The highest BCUT2D eigenvalue weighted by atomic mass is 19.1. The van der Waals surface area contributed by atoms with Gasteiger partial charge in [-0.15, -0.1) is 0 Å². The first-order valence-electron chi connectivity index (χ1n) is 5.20. The van der Waals surface area contributed by atoms with E-state index in [9.17, 15) is 14.3 Å². The molecule has 0 aromatic heterocycles. The smallest absolute Gasteiger partial charge is 0.309 e. The summed E-state index contributed by atoms with van der Waals surface area (Å²) in [6.07, 6.45) is 1.83. The maximum atomic E-state index is 13.1. The first-order chi connectivity index (χ1) is 7.61. The average molecular weight is 224 g/mol. The molecule has 3 nitrogen and oxygen atoms in total. The molecule has 4 heteroatoms. The third-order valence-electron chi connectivity index (χ3n) is 3.03. The van der Waals surface area contributed by atoms with Crippen molar-refractivity contribution in [2.24, 2.45) is 5.92 Å². The van der Waals surface area contributed by atoms with E-state index in [0.717, 1.165) is 11.1 Å². The molecule has 0 bridgehead atoms. The van der Waals surface area contributed by atoms with Gasteiger partial charge in [0.2, 0.25) is 0 Å². The van der Waals surface area contributed by atoms with Crippen molar-refractivity contribution in [2.45, 2.75) is 19.3 Å². The number of hydrogen-bond acceptors (Lipinski definition) is 3. The molecular formula is C12H13FO3. The van der Waals surface area contributed by atoms with Crippen LogP contribution in [0.25, 0.3) is 0 Å². The van der Waals surface area contributed by atoms with Crippen LogP contribution in [0.1, 0.15) is 17.5 Å². The van der Waals surface area contributed by atoms with Crippen LogP contribution in [0.5, 0.6) is 5.75 Å². The van der Waals surface area contributed by atoms with Crippen molar-refractivity contribution < 1.29 is 19.0 Å². The minimum Gasteiger partial charge on any atom is -0.505 e. The van der Waals surface area contributed by atoms with Crippen molar-refractivity contribution in [1.82, 2.24) is 0 Å². The molecule has 1 N–H and O–H groups in total. The number of methoxy groups -OCH3 is 1. The van der Waals surface area contributed by atoms with E-state index in [-0.39, 0.29) is 17.6 Å². The standard InChI is InChI=1S/C12H13FO3/c1-16-12(15)8-3-2-7-5-10(13)11(14)6-9(7)4-8/h5-6,8,14H,2-4H2,1H3. The molecule has 0 radical (unpaired) electrons. The first kappa shape index (κ1) is 10.9. The summed E-state index contributed by atoms with van der Waals surface area (Å²) in [7, 11) is 1.36. The lowest BCUT2D eigenvalue weighted by Gasteiger charge is -2.22. The Morgan fingerprint density at radius 3 is 2.94 bits per heavy atom. The molecule has 1 aliphatic carbocycles. The van der Waals surface area contributed by atoms with Gasteiger partial charge < -0.3 is 9.84 Å². The van der Waals surface area contributed by atoms with E-state index in [2.05, 4.69) is 4.74 Å². The predicted molar refractivity (Wildman–Crippen MR) is 55.6 cm³/mol. The highest BCUT2D eigenvalue weighted by molar-refractivity contribution is 5.73. The third-order valence-corrected chi connectivity index (χ3v) is 3.03. The number of ether oxygens (including phenoxy) is 1. The lowest BCUT2D eigenvalue weighted by Crippen LogP contribution is -2.23. The Labute approximate surface area is 92.9 Å². The van der Waals surface area contributed by atoms with Gasteiger partial charge in [-0.3, -0.25) is 4.79 Å². The Hall–Kier alpha value is -1.58. The zero-order chi connectivity index (χ0) is 11.7. The van der Waals surface area contributed by atoms with Crippen LogP contribution in [0.15, 0.2) is 12.1 Å². The summed E-state index contributed by atoms with van der Waals surface area (Å²) in [4.78, 5) is 11.4. The average Bonchev–Trinajstić information content (AvgIpc) is 2.29. The molecule has 1 atom stereocenters. The van der Waals surface area contributed by atoms with Crippen molar-refractivity contribution in [3.63, 3.8) is 0 Å². The SMILES string of the molecule is COC(=O)C1CCc2cc(F)c(O)cc2C1. The summed E-state index contributed by atoms with van der Waals surface area (Å²) < 4.78 is 17.8. The summed E-state index contributed by atoms with van der Waals surface area (Å²) in [5, 5.41) is 9.27. The molecule has 16 heavy (non-hydrogen) atoms. The first-order valence-corrected chi connectivity index (χ1v) is 5.20. The van der Waals surface area contributed by atoms with Crippen molar-refractivity contribution in [2.75, 3.05) is 7.11 Å². The van der Waals surface area contributed by atoms with E-state index in [1.807, 2.05) is 0 Å². The topological polar surface area (TPSA) is 46.5 Å². The molecule has 86 valence electrons. The Morgan fingerprint density at radius 1 is 1.50 bits per heavy atom. The lowest BCUT2D eigenvalue weighted by atomic mass is 9.84. The van der Waals surface area contributed by atoms with Crippen LogP contribution in [0.2, 0.25) is 0 Å². The van der Waals surface area contributed by atoms with Crippen LogP contribution in [-0.2, 0) is 22.4 Å². The highest BCUT2D eigenvalue weighted by Crippen LogP contribution is 2.30. The lowest BCUT2D eigenvalue weighted by molar-refractivity contribution is -0.145.